The number of nitrogens with one attached hydrogen (secondary N) is 1. The second kappa shape index (κ2) is 7.18. The lowest BCUT2D eigenvalue weighted by Crippen LogP contribution is -2.49. The summed E-state index contributed by atoms with van der Waals surface area (Å²) in [5, 5.41) is 3.13. The molecular formula is C12H14Cl3F3N2. The molecule has 114 valence electrons. The average molecular weight is 350 g/mol. The van der Waals surface area contributed by atoms with E-state index in [9.17, 15) is 13.2 Å². The van der Waals surface area contributed by atoms with Crippen LogP contribution in [0.5, 0.6) is 0 Å². The fourth-order valence-corrected chi connectivity index (χ4v) is 2.87. The van der Waals surface area contributed by atoms with E-state index in [1.54, 1.807) is 6.07 Å². The third-order valence-corrected chi connectivity index (χ3v) is 3.76. The first kappa shape index (κ1) is 17.9. The van der Waals surface area contributed by atoms with Gasteiger partial charge in [-0.05, 0) is 12.1 Å². The van der Waals surface area contributed by atoms with Crippen LogP contribution < -0.4 is 5.32 Å². The maximum Gasteiger partial charge on any atom is 0.408 e. The number of nitrogens with zero attached hydrogens (tertiary/aromatic N) is 1. The Morgan fingerprint density at radius 1 is 1.10 bits per heavy atom. The minimum atomic E-state index is -4.41. The van der Waals surface area contributed by atoms with Gasteiger partial charge in [0.25, 0.3) is 0 Å². The van der Waals surface area contributed by atoms with Gasteiger partial charge < -0.3 is 5.32 Å². The lowest BCUT2D eigenvalue weighted by molar-refractivity contribution is -0.187. The van der Waals surface area contributed by atoms with E-state index < -0.39 is 12.2 Å². The van der Waals surface area contributed by atoms with Crippen molar-refractivity contribution in [1.82, 2.24) is 10.2 Å². The highest BCUT2D eigenvalue weighted by Gasteiger charge is 2.46. The van der Waals surface area contributed by atoms with Gasteiger partial charge in [-0.15, -0.1) is 12.4 Å². The summed E-state index contributed by atoms with van der Waals surface area (Å²) in [6.07, 6.45) is -4.41. The molecule has 0 aliphatic carbocycles. The van der Waals surface area contributed by atoms with Crippen molar-refractivity contribution in [2.24, 2.45) is 0 Å². The fraction of sp³-hybridized carbons (Fsp3) is 0.500. The van der Waals surface area contributed by atoms with E-state index in [1.807, 2.05) is 0 Å². The van der Waals surface area contributed by atoms with Crippen LogP contribution in [-0.4, -0.2) is 37.3 Å². The normalized spacial score (nSPS) is 18.4. The van der Waals surface area contributed by atoms with Crippen molar-refractivity contribution in [3.05, 3.63) is 33.8 Å². The van der Waals surface area contributed by atoms with Gasteiger partial charge in [0.2, 0.25) is 0 Å². The van der Waals surface area contributed by atoms with E-state index in [-0.39, 0.29) is 28.0 Å². The standard InChI is InChI=1S/C12H13Cl2F3N2.ClH/c13-8-2-1-3-9(14)10(8)11(12(15,16)17)19-6-4-18-5-7-19;/h1-3,11,18H,4-7H2;1H/t11-;/m0./s1. The van der Waals surface area contributed by atoms with Gasteiger partial charge in [0.1, 0.15) is 6.04 Å². The summed E-state index contributed by atoms with van der Waals surface area (Å²) in [6.45, 7) is 1.67. The molecule has 1 aromatic rings. The number of halogens is 6. The summed E-state index contributed by atoms with van der Waals surface area (Å²) in [6, 6.07) is 2.66. The Kier molecular flexibility index (Phi) is 6.41. The molecule has 0 spiro atoms. The third kappa shape index (κ3) is 3.92. The lowest BCUT2D eigenvalue weighted by Gasteiger charge is -2.36. The number of rotatable bonds is 2. The van der Waals surface area contributed by atoms with Crippen molar-refractivity contribution < 1.29 is 13.2 Å². The lowest BCUT2D eigenvalue weighted by atomic mass is 10.0. The van der Waals surface area contributed by atoms with Crippen molar-refractivity contribution in [3.63, 3.8) is 0 Å². The SMILES string of the molecule is Cl.FC(F)(F)[C@H](c1c(Cl)cccc1Cl)N1CCNCC1. The van der Waals surface area contributed by atoms with Crippen LogP contribution in [0.3, 0.4) is 0 Å². The first-order valence-electron chi connectivity index (χ1n) is 5.86. The molecule has 1 saturated heterocycles. The van der Waals surface area contributed by atoms with Crippen molar-refractivity contribution in [2.75, 3.05) is 26.2 Å². The van der Waals surface area contributed by atoms with Gasteiger partial charge >= 0.3 is 6.18 Å². The van der Waals surface area contributed by atoms with Crippen LogP contribution >= 0.6 is 35.6 Å². The first-order chi connectivity index (χ1) is 8.91. The van der Waals surface area contributed by atoms with Gasteiger partial charge in [-0.2, -0.15) is 13.2 Å². The molecule has 1 aliphatic rings. The zero-order chi connectivity index (χ0) is 14.0. The van der Waals surface area contributed by atoms with E-state index in [0.29, 0.717) is 26.2 Å². The van der Waals surface area contributed by atoms with Crippen LogP contribution in [0.15, 0.2) is 18.2 Å². The highest BCUT2D eigenvalue weighted by molar-refractivity contribution is 6.36. The Balaban J connectivity index is 0.00000200. The van der Waals surface area contributed by atoms with E-state index in [1.165, 1.54) is 17.0 Å². The average Bonchev–Trinajstić information content (AvgIpc) is 2.33. The van der Waals surface area contributed by atoms with Crippen molar-refractivity contribution in [3.8, 4) is 0 Å². The predicted octanol–water partition coefficient (Wildman–Crippen LogP) is 3.92. The molecule has 0 amide bonds. The Bertz CT molecular complexity index is 428. The highest BCUT2D eigenvalue weighted by atomic mass is 35.5. The van der Waals surface area contributed by atoms with Crippen molar-refractivity contribution in [2.45, 2.75) is 12.2 Å². The largest absolute Gasteiger partial charge is 0.408 e. The molecule has 1 aliphatic heterocycles. The van der Waals surface area contributed by atoms with Crippen LogP contribution in [0.25, 0.3) is 0 Å². The molecule has 0 radical (unpaired) electrons. The molecule has 1 atom stereocenters. The molecule has 0 unspecified atom stereocenters. The predicted molar refractivity (Wildman–Crippen MR) is 76.9 cm³/mol. The monoisotopic (exact) mass is 348 g/mol. The molecule has 0 saturated carbocycles. The molecule has 0 aromatic heterocycles. The van der Waals surface area contributed by atoms with E-state index >= 15 is 0 Å². The molecule has 2 nitrogen and oxygen atoms in total. The smallest absolute Gasteiger partial charge is 0.314 e. The maximum atomic E-state index is 13.4. The topological polar surface area (TPSA) is 15.3 Å². The summed E-state index contributed by atoms with van der Waals surface area (Å²) in [4.78, 5) is 1.36. The molecule has 1 aromatic carbocycles. The highest BCUT2D eigenvalue weighted by Crippen LogP contribution is 2.43. The summed E-state index contributed by atoms with van der Waals surface area (Å²) >= 11 is 11.8. The number of alkyl halides is 3. The minimum Gasteiger partial charge on any atom is -0.314 e. The Morgan fingerprint density at radius 3 is 2.05 bits per heavy atom. The molecule has 1 heterocycles. The molecule has 1 fully saturated rings. The summed E-state index contributed by atoms with van der Waals surface area (Å²) in [5.74, 6) is 0. The van der Waals surface area contributed by atoms with Crippen molar-refractivity contribution >= 4 is 35.6 Å². The summed E-state index contributed by atoms with van der Waals surface area (Å²) in [7, 11) is 0. The molecular weight excluding hydrogens is 335 g/mol. The van der Waals surface area contributed by atoms with Crippen LogP contribution in [0, 0.1) is 0 Å². The van der Waals surface area contributed by atoms with Gasteiger partial charge in [-0.3, -0.25) is 4.90 Å². The minimum absolute atomic E-state index is 0. The zero-order valence-electron chi connectivity index (χ0n) is 10.4. The molecule has 0 bridgehead atoms. The molecule has 1 N–H and O–H groups in total. The fourth-order valence-electron chi connectivity index (χ4n) is 2.27. The molecule has 2 rings (SSSR count). The Hall–Kier alpha value is -0.200. The molecule has 20 heavy (non-hydrogen) atoms. The van der Waals surface area contributed by atoms with Crippen LogP contribution in [-0.2, 0) is 0 Å². The van der Waals surface area contributed by atoms with Gasteiger partial charge in [-0.25, -0.2) is 0 Å². The second-order valence-corrected chi connectivity index (χ2v) is 5.18. The zero-order valence-corrected chi connectivity index (χ0v) is 12.7. The van der Waals surface area contributed by atoms with E-state index in [2.05, 4.69) is 5.32 Å². The maximum absolute atomic E-state index is 13.4. The van der Waals surface area contributed by atoms with Crippen LogP contribution in [0.4, 0.5) is 13.2 Å². The first-order valence-corrected chi connectivity index (χ1v) is 6.62. The van der Waals surface area contributed by atoms with Gasteiger partial charge in [-0.1, -0.05) is 29.3 Å². The van der Waals surface area contributed by atoms with Gasteiger partial charge in [0.05, 0.1) is 0 Å². The number of hydrogen-bond acceptors (Lipinski definition) is 2. The Morgan fingerprint density at radius 2 is 1.60 bits per heavy atom. The van der Waals surface area contributed by atoms with E-state index in [0.717, 1.165) is 0 Å². The number of piperazine rings is 1. The summed E-state index contributed by atoms with van der Waals surface area (Å²) < 4.78 is 40.1. The van der Waals surface area contributed by atoms with Gasteiger partial charge in [0, 0.05) is 41.8 Å². The Labute approximate surface area is 131 Å². The van der Waals surface area contributed by atoms with Crippen LogP contribution in [0.2, 0.25) is 10.0 Å². The van der Waals surface area contributed by atoms with Crippen LogP contribution in [0.1, 0.15) is 11.6 Å². The second-order valence-electron chi connectivity index (χ2n) is 4.37. The quantitative estimate of drug-likeness (QED) is 0.870. The number of hydrogen-bond donors (Lipinski definition) is 1. The summed E-state index contributed by atoms with van der Waals surface area (Å²) in [5.41, 5.74) is -0.0553. The molecule has 8 heteroatoms. The van der Waals surface area contributed by atoms with E-state index in [4.69, 9.17) is 23.2 Å². The van der Waals surface area contributed by atoms with Crippen molar-refractivity contribution in [1.29, 1.82) is 0 Å². The number of benzene rings is 1. The van der Waals surface area contributed by atoms with Gasteiger partial charge in [0.15, 0.2) is 0 Å². The third-order valence-electron chi connectivity index (χ3n) is 3.10.